The molecule has 0 atom stereocenters. The summed E-state index contributed by atoms with van der Waals surface area (Å²) in [7, 11) is -0.241. The van der Waals surface area contributed by atoms with Gasteiger partial charge in [-0.1, -0.05) is 37.6 Å². The van der Waals surface area contributed by atoms with Crippen molar-refractivity contribution in [2.45, 2.75) is 25.3 Å². The van der Waals surface area contributed by atoms with E-state index >= 15 is 0 Å². The molecular formula is C22H27ClN2O4S. The Morgan fingerprint density at radius 3 is 2.30 bits per heavy atom. The summed E-state index contributed by atoms with van der Waals surface area (Å²) in [4.78, 5) is 14.2. The Morgan fingerprint density at radius 2 is 1.73 bits per heavy atom. The van der Waals surface area contributed by atoms with Crippen molar-refractivity contribution in [2.75, 3.05) is 27.2 Å². The van der Waals surface area contributed by atoms with E-state index in [0.717, 1.165) is 11.1 Å². The molecule has 30 heavy (non-hydrogen) atoms. The zero-order valence-electron chi connectivity index (χ0n) is 17.6. The van der Waals surface area contributed by atoms with Gasteiger partial charge in [0.1, 0.15) is 5.75 Å². The van der Waals surface area contributed by atoms with Crippen LogP contribution in [0.2, 0.25) is 5.02 Å². The summed E-state index contributed by atoms with van der Waals surface area (Å²) in [6.45, 7) is 4.78. The second kappa shape index (κ2) is 10.6. The van der Waals surface area contributed by atoms with Crippen molar-refractivity contribution in [3.63, 3.8) is 0 Å². The fourth-order valence-electron chi connectivity index (χ4n) is 2.96. The molecule has 0 heterocycles. The van der Waals surface area contributed by atoms with Gasteiger partial charge in [0.25, 0.3) is 0 Å². The first-order chi connectivity index (χ1) is 14.2. The average Bonchev–Trinajstić information content (AvgIpc) is 2.73. The fraction of sp³-hybridized carbons (Fsp3) is 0.318. The molecule has 0 unspecified atom stereocenters. The molecule has 0 radical (unpaired) electrons. The first-order valence-electron chi connectivity index (χ1n) is 9.58. The van der Waals surface area contributed by atoms with Gasteiger partial charge in [0, 0.05) is 43.3 Å². The molecule has 0 aliphatic rings. The first kappa shape index (κ1) is 23.9. The lowest BCUT2D eigenvalue weighted by Crippen LogP contribution is -2.30. The maximum Gasteiger partial charge on any atom is 0.246 e. The average molecular weight is 451 g/mol. The zero-order chi connectivity index (χ0) is 22.3. The van der Waals surface area contributed by atoms with E-state index in [1.807, 2.05) is 0 Å². The standard InChI is InChI=1S/C22H27ClN2O4S/c1-5-25(6-2)30(27,28)20-11-7-17(8-12-20)9-14-22(26)24(3)16-18-15-19(23)10-13-21(18)29-4/h7-15H,5-6,16H2,1-4H3/b14-9+. The lowest BCUT2D eigenvalue weighted by Gasteiger charge is -2.18. The maximum absolute atomic E-state index is 12.5. The highest BCUT2D eigenvalue weighted by Gasteiger charge is 2.21. The second-order valence-corrected chi connectivity index (χ2v) is 9.02. The Morgan fingerprint density at radius 1 is 1.10 bits per heavy atom. The number of ether oxygens (including phenoxy) is 1. The molecule has 0 fully saturated rings. The van der Waals surface area contributed by atoms with Gasteiger partial charge in [-0.15, -0.1) is 0 Å². The minimum absolute atomic E-state index is 0.197. The summed E-state index contributed by atoms with van der Waals surface area (Å²) in [5.74, 6) is 0.463. The third kappa shape index (κ3) is 5.84. The van der Waals surface area contributed by atoms with Crippen LogP contribution in [0.15, 0.2) is 53.4 Å². The Labute approximate surface area is 183 Å². The Kier molecular flexibility index (Phi) is 8.46. The van der Waals surface area contributed by atoms with Crippen LogP contribution in [0.4, 0.5) is 0 Å². The molecule has 1 amide bonds. The summed E-state index contributed by atoms with van der Waals surface area (Å²) in [5.41, 5.74) is 1.54. The number of methoxy groups -OCH3 is 1. The van der Waals surface area contributed by atoms with Crippen LogP contribution in [-0.4, -0.2) is 50.8 Å². The highest BCUT2D eigenvalue weighted by Crippen LogP contribution is 2.24. The van der Waals surface area contributed by atoms with Crippen LogP contribution < -0.4 is 4.74 Å². The number of carbonyl (C=O) groups excluding carboxylic acids is 1. The van der Waals surface area contributed by atoms with Gasteiger partial charge in [-0.2, -0.15) is 4.31 Å². The molecule has 162 valence electrons. The van der Waals surface area contributed by atoms with Crippen molar-refractivity contribution in [1.29, 1.82) is 0 Å². The minimum Gasteiger partial charge on any atom is -0.496 e. The van der Waals surface area contributed by atoms with Crippen LogP contribution in [0.25, 0.3) is 6.08 Å². The molecule has 0 aliphatic carbocycles. The number of hydrogen-bond donors (Lipinski definition) is 0. The second-order valence-electron chi connectivity index (χ2n) is 6.64. The molecule has 2 aromatic rings. The lowest BCUT2D eigenvalue weighted by atomic mass is 10.2. The number of amides is 1. The number of hydrogen-bond acceptors (Lipinski definition) is 4. The van der Waals surface area contributed by atoms with Crippen LogP contribution in [0.5, 0.6) is 5.75 Å². The van der Waals surface area contributed by atoms with Crippen molar-refractivity contribution in [3.8, 4) is 5.75 Å². The predicted octanol–water partition coefficient (Wildman–Crippen LogP) is 4.05. The van der Waals surface area contributed by atoms with Gasteiger partial charge < -0.3 is 9.64 Å². The van der Waals surface area contributed by atoms with E-state index in [2.05, 4.69) is 0 Å². The van der Waals surface area contributed by atoms with Crippen LogP contribution in [0.3, 0.4) is 0 Å². The molecule has 0 aliphatic heterocycles. The first-order valence-corrected chi connectivity index (χ1v) is 11.4. The van der Waals surface area contributed by atoms with Gasteiger partial charge in [0.2, 0.25) is 15.9 Å². The van der Waals surface area contributed by atoms with Crippen molar-refractivity contribution < 1.29 is 17.9 Å². The van der Waals surface area contributed by atoms with Crippen molar-refractivity contribution in [3.05, 3.63) is 64.7 Å². The molecule has 0 bridgehead atoms. The smallest absolute Gasteiger partial charge is 0.246 e. The normalized spacial score (nSPS) is 11.8. The number of benzene rings is 2. The summed E-state index contributed by atoms with van der Waals surface area (Å²) in [6.07, 6.45) is 3.10. The molecule has 0 N–H and O–H groups in total. The number of sulfonamides is 1. The van der Waals surface area contributed by atoms with Gasteiger partial charge in [0.05, 0.1) is 12.0 Å². The van der Waals surface area contributed by atoms with E-state index in [4.69, 9.17) is 16.3 Å². The Balaban J connectivity index is 2.08. The topological polar surface area (TPSA) is 66.9 Å². The van der Waals surface area contributed by atoms with E-state index in [-0.39, 0.29) is 10.8 Å². The van der Waals surface area contributed by atoms with Crippen LogP contribution in [0, 0.1) is 0 Å². The lowest BCUT2D eigenvalue weighted by molar-refractivity contribution is -0.125. The van der Waals surface area contributed by atoms with E-state index < -0.39 is 10.0 Å². The number of rotatable bonds is 9. The SMILES string of the molecule is CCN(CC)S(=O)(=O)c1ccc(/C=C/C(=O)N(C)Cc2cc(Cl)ccc2OC)cc1. The van der Waals surface area contributed by atoms with Crippen molar-refractivity contribution >= 4 is 33.6 Å². The molecule has 8 heteroatoms. The molecule has 0 spiro atoms. The summed E-state index contributed by atoms with van der Waals surface area (Å²) in [5, 5.41) is 0.571. The predicted molar refractivity (Wildman–Crippen MR) is 120 cm³/mol. The van der Waals surface area contributed by atoms with Gasteiger partial charge in [0.15, 0.2) is 0 Å². The van der Waals surface area contributed by atoms with Crippen LogP contribution in [-0.2, 0) is 21.4 Å². The quantitative estimate of drug-likeness (QED) is 0.540. The molecule has 6 nitrogen and oxygen atoms in total. The molecule has 0 saturated heterocycles. The number of halogens is 1. The largest absolute Gasteiger partial charge is 0.496 e. The highest BCUT2D eigenvalue weighted by molar-refractivity contribution is 7.89. The molecule has 2 aromatic carbocycles. The van der Waals surface area contributed by atoms with Gasteiger partial charge >= 0.3 is 0 Å². The third-order valence-electron chi connectivity index (χ3n) is 4.67. The number of likely N-dealkylation sites (N-methyl/N-ethyl adjacent to an activating group) is 1. The van der Waals surface area contributed by atoms with Crippen LogP contribution >= 0.6 is 11.6 Å². The number of carbonyl (C=O) groups is 1. The summed E-state index contributed by atoms with van der Waals surface area (Å²) in [6, 6.07) is 11.7. The van der Waals surface area contributed by atoms with Gasteiger partial charge in [-0.25, -0.2) is 8.42 Å². The zero-order valence-corrected chi connectivity index (χ0v) is 19.2. The third-order valence-corrected chi connectivity index (χ3v) is 6.97. The molecule has 0 saturated carbocycles. The molecular weight excluding hydrogens is 424 g/mol. The highest BCUT2D eigenvalue weighted by atomic mass is 35.5. The maximum atomic E-state index is 12.5. The Hall–Kier alpha value is -2.35. The molecule has 0 aromatic heterocycles. The van der Waals surface area contributed by atoms with E-state index in [1.165, 1.54) is 10.4 Å². The fourth-order valence-corrected chi connectivity index (χ4v) is 4.62. The summed E-state index contributed by atoms with van der Waals surface area (Å²) < 4.78 is 31.8. The van der Waals surface area contributed by atoms with E-state index in [0.29, 0.717) is 30.4 Å². The van der Waals surface area contributed by atoms with E-state index in [9.17, 15) is 13.2 Å². The minimum atomic E-state index is -3.50. The van der Waals surface area contributed by atoms with Crippen molar-refractivity contribution in [1.82, 2.24) is 9.21 Å². The Bertz CT molecular complexity index is 1000. The van der Waals surface area contributed by atoms with Gasteiger partial charge in [-0.3, -0.25) is 4.79 Å². The number of nitrogens with zero attached hydrogens (tertiary/aromatic N) is 2. The summed E-state index contributed by atoms with van der Waals surface area (Å²) >= 11 is 6.04. The van der Waals surface area contributed by atoms with Gasteiger partial charge in [-0.05, 0) is 42.0 Å². The van der Waals surface area contributed by atoms with Crippen molar-refractivity contribution in [2.24, 2.45) is 0 Å². The monoisotopic (exact) mass is 450 g/mol. The van der Waals surface area contributed by atoms with E-state index in [1.54, 1.807) is 81.4 Å². The van der Waals surface area contributed by atoms with Crippen LogP contribution in [0.1, 0.15) is 25.0 Å². The molecule has 2 rings (SSSR count).